The van der Waals surface area contributed by atoms with Crippen molar-refractivity contribution in [2.45, 2.75) is 71.2 Å². The predicted molar refractivity (Wildman–Crippen MR) is 99.1 cm³/mol. The van der Waals surface area contributed by atoms with Crippen molar-refractivity contribution in [1.29, 1.82) is 0 Å². The second kappa shape index (κ2) is 10.7. The smallest absolute Gasteiger partial charge is 0.408 e. The molecule has 0 saturated heterocycles. The fourth-order valence-corrected chi connectivity index (χ4v) is 1.85. The SMILES string of the molecule is CC(C)(C)OC(=O)NC(CCNCC(NC(=O)OC(C)(C)C)C(=O)O)C(=O)O. The molecule has 0 aliphatic carbocycles. The number of rotatable bonds is 9. The van der Waals surface area contributed by atoms with Crippen LogP contribution in [0.15, 0.2) is 0 Å². The fourth-order valence-electron chi connectivity index (χ4n) is 1.85. The molecule has 0 aromatic carbocycles. The number of nitrogens with one attached hydrogen (secondary N) is 3. The maximum atomic E-state index is 11.7. The van der Waals surface area contributed by atoms with Crippen molar-refractivity contribution in [1.82, 2.24) is 16.0 Å². The predicted octanol–water partition coefficient (Wildman–Crippen LogP) is 0.922. The van der Waals surface area contributed by atoms with E-state index in [0.717, 1.165) is 0 Å². The zero-order valence-electron chi connectivity index (χ0n) is 17.1. The third-order valence-corrected chi connectivity index (χ3v) is 2.94. The number of carboxylic acid groups (broad SMARTS) is 2. The van der Waals surface area contributed by atoms with Crippen molar-refractivity contribution in [3.8, 4) is 0 Å². The van der Waals surface area contributed by atoms with Gasteiger partial charge in [0.1, 0.15) is 23.3 Å². The summed E-state index contributed by atoms with van der Waals surface area (Å²) in [6.07, 6.45) is -1.76. The number of aliphatic carboxylic acids is 2. The Morgan fingerprint density at radius 2 is 1.18 bits per heavy atom. The van der Waals surface area contributed by atoms with Gasteiger partial charge in [0.05, 0.1) is 0 Å². The van der Waals surface area contributed by atoms with E-state index in [-0.39, 0.29) is 19.5 Å². The number of carboxylic acids is 2. The van der Waals surface area contributed by atoms with E-state index in [4.69, 9.17) is 14.6 Å². The first-order valence-electron chi connectivity index (χ1n) is 8.76. The van der Waals surface area contributed by atoms with Crippen molar-refractivity contribution < 1.29 is 38.9 Å². The molecule has 0 rings (SSSR count). The molecule has 11 nitrogen and oxygen atoms in total. The minimum Gasteiger partial charge on any atom is -0.480 e. The maximum Gasteiger partial charge on any atom is 0.408 e. The lowest BCUT2D eigenvalue weighted by Crippen LogP contribution is -2.49. The number of carbonyl (C=O) groups is 4. The van der Waals surface area contributed by atoms with Crippen LogP contribution in [0.5, 0.6) is 0 Å². The average molecular weight is 405 g/mol. The van der Waals surface area contributed by atoms with E-state index in [1.54, 1.807) is 41.5 Å². The average Bonchev–Trinajstić information content (AvgIpc) is 2.44. The van der Waals surface area contributed by atoms with Crippen LogP contribution in [-0.4, -0.2) is 70.7 Å². The molecule has 0 radical (unpaired) electrons. The van der Waals surface area contributed by atoms with Crippen LogP contribution in [0.1, 0.15) is 48.0 Å². The molecule has 2 unspecified atom stereocenters. The molecule has 0 aliphatic rings. The van der Waals surface area contributed by atoms with Crippen molar-refractivity contribution in [3.05, 3.63) is 0 Å². The van der Waals surface area contributed by atoms with Crippen molar-refractivity contribution in [2.75, 3.05) is 13.1 Å². The van der Waals surface area contributed by atoms with E-state index < -0.39 is 47.4 Å². The van der Waals surface area contributed by atoms with Crippen molar-refractivity contribution in [2.24, 2.45) is 0 Å². The number of ether oxygens (including phenoxy) is 2. The summed E-state index contributed by atoms with van der Waals surface area (Å²) in [4.78, 5) is 45.8. The first-order valence-corrected chi connectivity index (χ1v) is 8.76. The Hall–Kier alpha value is -2.56. The van der Waals surface area contributed by atoms with Crippen molar-refractivity contribution >= 4 is 24.1 Å². The Kier molecular flexibility index (Phi) is 9.71. The van der Waals surface area contributed by atoms with Crippen LogP contribution in [0.4, 0.5) is 9.59 Å². The van der Waals surface area contributed by atoms with Crippen LogP contribution in [0.25, 0.3) is 0 Å². The van der Waals surface area contributed by atoms with Gasteiger partial charge in [-0.3, -0.25) is 0 Å². The molecule has 162 valence electrons. The molecule has 2 amide bonds. The second-order valence-electron chi connectivity index (χ2n) is 8.07. The van der Waals surface area contributed by atoms with Gasteiger partial charge >= 0.3 is 24.1 Å². The van der Waals surface area contributed by atoms with Crippen LogP contribution in [-0.2, 0) is 19.1 Å². The van der Waals surface area contributed by atoms with Gasteiger partial charge in [0.2, 0.25) is 0 Å². The largest absolute Gasteiger partial charge is 0.480 e. The molecule has 0 aromatic heterocycles. The highest BCUT2D eigenvalue weighted by atomic mass is 16.6. The highest BCUT2D eigenvalue weighted by molar-refractivity contribution is 5.80. The van der Waals surface area contributed by atoms with E-state index in [1.165, 1.54) is 0 Å². The fraction of sp³-hybridized carbons (Fsp3) is 0.765. The number of carbonyl (C=O) groups excluding carboxylic acids is 2. The molecule has 0 fully saturated rings. The summed E-state index contributed by atoms with van der Waals surface area (Å²) in [5.41, 5.74) is -1.55. The Morgan fingerprint density at radius 1 is 0.786 bits per heavy atom. The lowest BCUT2D eigenvalue weighted by molar-refractivity contribution is -0.140. The lowest BCUT2D eigenvalue weighted by atomic mass is 10.2. The van der Waals surface area contributed by atoms with Gasteiger partial charge in [-0.1, -0.05) is 0 Å². The molecule has 0 spiro atoms. The summed E-state index contributed by atoms with van der Waals surface area (Å²) >= 11 is 0. The lowest BCUT2D eigenvalue weighted by Gasteiger charge is -2.23. The molecule has 0 heterocycles. The molecule has 0 aliphatic heterocycles. The van der Waals surface area contributed by atoms with Crippen molar-refractivity contribution in [3.63, 3.8) is 0 Å². The molecular weight excluding hydrogens is 374 g/mol. The molecule has 2 atom stereocenters. The van der Waals surface area contributed by atoms with Crippen LogP contribution in [0, 0.1) is 0 Å². The third kappa shape index (κ3) is 12.7. The van der Waals surface area contributed by atoms with Gasteiger partial charge in [-0.15, -0.1) is 0 Å². The number of amides is 2. The Balaban J connectivity index is 4.51. The Labute approximate surface area is 164 Å². The molecular formula is C17H31N3O8. The summed E-state index contributed by atoms with van der Waals surface area (Å²) in [6, 6.07) is -2.48. The number of alkyl carbamates (subject to hydrolysis) is 2. The minimum atomic E-state index is -1.28. The first kappa shape index (κ1) is 25.4. The van der Waals surface area contributed by atoms with Gasteiger partial charge in [0.25, 0.3) is 0 Å². The Bertz CT molecular complexity index is 516. The standard InChI is InChI=1S/C17H31N3O8/c1-16(2,3)27-14(25)19-10(12(21)22)7-8-18-9-11(13(23)24)20-15(26)28-17(4,5)6/h10-11,18H,7-9H2,1-6H3,(H,19,25)(H,20,26)(H,21,22)(H,23,24). The van der Waals surface area contributed by atoms with Crippen LogP contribution in [0.3, 0.4) is 0 Å². The van der Waals surface area contributed by atoms with E-state index in [9.17, 15) is 24.3 Å². The molecule has 0 bridgehead atoms. The summed E-state index contributed by atoms with van der Waals surface area (Å²) in [6.45, 7) is 9.79. The number of hydrogen-bond donors (Lipinski definition) is 5. The van der Waals surface area contributed by atoms with Crippen LogP contribution in [0.2, 0.25) is 0 Å². The molecule has 11 heteroatoms. The third-order valence-electron chi connectivity index (χ3n) is 2.94. The highest BCUT2D eigenvalue weighted by Gasteiger charge is 2.25. The quantitative estimate of drug-likeness (QED) is 0.351. The number of hydrogen-bond acceptors (Lipinski definition) is 7. The second-order valence-corrected chi connectivity index (χ2v) is 8.07. The van der Waals surface area contributed by atoms with Crippen LogP contribution >= 0.6 is 0 Å². The molecule has 0 saturated carbocycles. The zero-order chi connectivity index (χ0) is 22.1. The molecule has 28 heavy (non-hydrogen) atoms. The summed E-state index contributed by atoms with van der Waals surface area (Å²) in [7, 11) is 0. The molecule has 5 N–H and O–H groups in total. The minimum absolute atomic E-state index is 0.0205. The van der Waals surface area contributed by atoms with E-state index in [0.29, 0.717) is 0 Å². The zero-order valence-corrected chi connectivity index (χ0v) is 17.1. The van der Waals surface area contributed by atoms with E-state index in [2.05, 4.69) is 16.0 Å². The van der Waals surface area contributed by atoms with Gasteiger partial charge in [-0.05, 0) is 54.5 Å². The summed E-state index contributed by atoms with van der Waals surface area (Å²) in [5, 5.41) is 25.5. The van der Waals surface area contributed by atoms with Gasteiger partial charge in [0, 0.05) is 6.54 Å². The summed E-state index contributed by atoms with van der Waals surface area (Å²) in [5.74, 6) is -2.53. The van der Waals surface area contributed by atoms with Crippen LogP contribution < -0.4 is 16.0 Å². The first-order chi connectivity index (χ1) is 12.6. The summed E-state index contributed by atoms with van der Waals surface area (Å²) < 4.78 is 10.0. The van der Waals surface area contributed by atoms with Gasteiger partial charge < -0.3 is 35.6 Å². The van der Waals surface area contributed by atoms with Gasteiger partial charge in [0.15, 0.2) is 0 Å². The highest BCUT2D eigenvalue weighted by Crippen LogP contribution is 2.08. The van der Waals surface area contributed by atoms with Gasteiger partial charge in [-0.2, -0.15) is 0 Å². The van der Waals surface area contributed by atoms with E-state index in [1.807, 2.05) is 0 Å². The topological polar surface area (TPSA) is 163 Å². The molecule has 0 aromatic rings. The maximum absolute atomic E-state index is 11.7. The van der Waals surface area contributed by atoms with E-state index >= 15 is 0 Å². The normalized spacial score (nSPS) is 13.8. The van der Waals surface area contributed by atoms with Gasteiger partial charge in [-0.25, -0.2) is 19.2 Å². The monoisotopic (exact) mass is 405 g/mol. The Morgan fingerprint density at radius 3 is 1.54 bits per heavy atom.